The van der Waals surface area contributed by atoms with Crippen molar-refractivity contribution in [3.63, 3.8) is 0 Å². The molecular formula is C11H12O4. The van der Waals surface area contributed by atoms with Gasteiger partial charge in [-0.15, -0.1) is 0 Å². The Morgan fingerprint density at radius 2 is 1.93 bits per heavy atom. The minimum absolute atomic E-state index is 0.0895. The highest BCUT2D eigenvalue weighted by atomic mass is 16.4. The Morgan fingerprint density at radius 3 is 2.47 bits per heavy atom. The fourth-order valence-corrected chi connectivity index (χ4v) is 1.36. The van der Waals surface area contributed by atoms with Crippen molar-refractivity contribution in [1.82, 2.24) is 0 Å². The van der Waals surface area contributed by atoms with Gasteiger partial charge in [-0.1, -0.05) is 12.1 Å². The minimum Gasteiger partial charge on any atom is -0.507 e. The van der Waals surface area contributed by atoms with E-state index < -0.39 is 5.97 Å². The largest absolute Gasteiger partial charge is 0.507 e. The standard InChI is InChI=1S/C11H12O4/c1-7-3-2-4-8(12)11(7)9(13)5-6-10(14)15/h2-4,12H,5-6H2,1H3,(H,14,15). The lowest BCUT2D eigenvalue weighted by molar-refractivity contribution is -0.136. The maximum absolute atomic E-state index is 11.6. The molecule has 0 saturated heterocycles. The molecule has 0 atom stereocenters. The first kappa shape index (κ1) is 11.2. The number of carbonyl (C=O) groups is 2. The van der Waals surface area contributed by atoms with Gasteiger partial charge in [0.25, 0.3) is 0 Å². The summed E-state index contributed by atoms with van der Waals surface area (Å²) in [4.78, 5) is 21.9. The molecule has 15 heavy (non-hydrogen) atoms. The van der Waals surface area contributed by atoms with E-state index in [4.69, 9.17) is 5.11 Å². The molecule has 1 aromatic carbocycles. The van der Waals surface area contributed by atoms with Gasteiger partial charge in [-0.25, -0.2) is 0 Å². The number of hydrogen-bond acceptors (Lipinski definition) is 3. The SMILES string of the molecule is Cc1cccc(O)c1C(=O)CCC(=O)O. The molecular weight excluding hydrogens is 196 g/mol. The molecule has 0 aromatic heterocycles. The molecule has 0 radical (unpaired) electrons. The van der Waals surface area contributed by atoms with Gasteiger partial charge in [-0.2, -0.15) is 0 Å². The van der Waals surface area contributed by atoms with Crippen LogP contribution in [0.1, 0.15) is 28.8 Å². The quantitative estimate of drug-likeness (QED) is 0.739. The average molecular weight is 208 g/mol. The van der Waals surface area contributed by atoms with Crippen LogP contribution in [0, 0.1) is 6.92 Å². The zero-order valence-corrected chi connectivity index (χ0v) is 8.36. The van der Waals surface area contributed by atoms with Gasteiger partial charge in [0.15, 0.2) is 5.78 Å². The molecule has 80 valence electrons. The minimum atomic E-state index is -1.02. The van der Waals surface area contributed by atoms with Crippen LogP contribution in [0.25, 0.3) is 0 Å². The van der Waals surface area contributed by atoms with E-state index in [0.717, 1.165) is 0 Å². The van der Waals surface area contributed by atoms with Crippen molar-refractivity contribution in [3.8, 4) is 5.75 Å². The number of ketones is 1. The van der Waals surface area contributed by atoms with Gasteiger partial charge in [0.2, 0.25) is 0 Å². The van der Waals surface area contributed by atoms with Crippen molar-refractivity contribution in [2.24, 2.45) is 0 Å². The Kier molecular flexibility index (Phi) is 3.44. The summed E-state index contributed by atoms with van der Waals surface area (Å²) in [6.45, 7) is 1.70. The summed E-state index contributed by atoms with van der Waals surface area (Å²) < 4.78 is 0. The number of benzene rings is 1. The molecule has 2 N–H and O–H groups in total. The molecule has 0 heterocycles. The van der Waals surface area contributed by atoms with Crippen molar-refractivity contribution in [1.29, 1.82) is 0 Å². The van der Waals surface area contributed by atoms with E-state index >= 15 is 0 Å². The van der Waals surface area contributed by atoms with E-state index in [0.29, 0.717) is 5.56 Å². The first-order valence-electron chi connectivity index (χ1n) is 4.56. The summed E-state index contributed by atoms with van der Waals surface area (Å²) in [5, 5.41) is 17.9. The Morgan fingerprint density at radius 1 is 1.27 bits per heavy atom. The highest BCUT2D eigenvalue weighted by Gasteiger charge is 2.14. The number of hydrogen-bond donors (Lipinski definition) is 2. The number of rotatable bonds is 4. The summed E-state index contributed by atoms with van der Waals surface area (Å²) in [6.07, 6.45) is -0.305. The molecule has 0 aliphatic carbocycles. The van der Waals surface area contributed by atoms with Crippen LogP contribution in [-0.4, -0.2) is 22.0 Å². The predicted molar refractivity (Wildman–Crippen MR) is 54.0 cm³/mol. The first-order valence-corrected chi connectivity index (χ1v) is 4.56. The fourth-order valence-electron chi connectivity index (χ4n) is 1.36. The van der Waals surface area contributed by atoms with E-state index in [1.165, 1.54) is 6.07 Å². The number of carboxylic acid groups (broad SMARTS) is 1. The second-order valence-corrected chi connectivity index (χ2v) is 3.29. The van der Waals surface area contributed by atoms with E-state index in [2.05, 4.69) is 0 Å². The van der Waals surface area contributed by atoms with Crippen LogP contribution in [0.3, 0.4) is 0 Å². The van der Waals surface area contributed by atoms with Gasteiger partial charge in [-0.05, 0) is 18.6 Å². The molecule has 4 heteroatoms. The molecule has 0 saturated carbocycles. The number of phenols is 1. The molecule has 0 bridgehead atoms. The zero-order chi connectivity index (χ0) is 11.4. The lowest BCUT2D eigenvalue weighted by atomic mass is 10.0. The van der Waals surface area contributed by atoms with Crippen LogP contribution >= 0.6 is 0 Å². The second kappa shape index (κ2) is 4.59. The van der Waals surface area contributed by atoms with Gasteiger partial charge in [-0.3, -0.25) is 9.59 Å². The van der Waals surface area contributed by atoms with Crippen molar-refractivity contribution >= 4 is 11.8 Å². The summed E-state index contributed by atoms with van der Waals surface area (Å²) in [6, 6.07) is 4.76. The molecule has 1 aromatic rings. The molecule has 0 amide bonds. The molecule has 0 aliphatic rings. The number of aromatic hydroxyl groups is 1. The van der Waals surface area contributed by atoms with Crippen LogP contribution in [0.15, 0.2) is 18.2 Å². The topological polar surface area (TPSA) is 74.6 Å². The number of carboxylic acids is 1. The van der Waals surface area contributed by atoms with Crippen LogP contribution in [-0.2, 0) is 4.79 Å². The maximum Gasteiger partial charge on any atom is 0.303 e. The highest BCUT2D eigenvalue weighted by Crippen LogP contribution is 2.22. The number of aryl methyl sites for hydroxylation is 1. The zero-order valence-electron chi connectivity index (χ0n) is 8.36. The lowest BCUT2D eigenvalue weighted by Gasteiger charge is -2.05. The first-order chi connectivity index (χ1) is 7.02. The molecule has 0 fully saturated rings. The van der Waals surface area contributed by atoms with Gasteiger partial charge < -0.3 is 10.2 Å². The number of phenolic OH excluding ortho intramolecular Hbond substituents is 1. The van der Waals surface area contributed by atoms with Gasteiger partial charge in [0.05, 0.1) is 12.0 Å². The summed E-state index contributed by atoms with van der Waals surface area (Å²) in [5.74, 6) is -1.45. The molecule has 0 spiro atoms. The van der Waals surface area contributed by atoms with Crippen LogP contribution in [0.5, 0.6) is 5.75 Å². The molecule has 1 rings (SSSR count). The third-order valence-corrected chi connectivity index (χ3v) is 2.10. The summed E-state index contributed by atoms with van der Waals surface area (Å²) >= 11 is 0. The van der Waals surface area contributed by atoms with Crippen LogP contribution < -0.4 is 0 Å². The van der Waals surface area contributed by atoms with E-state index in [1.807, 2.05) is 0 Å². The lowest BCUT2D eigenvalue weighted by Crippen LogP contribution is -2.05. The van der Waals surface area contributed by atoms with Gasteiger partial charge in [0, 0.05) is 6.42 Å². The predicted octanol–water partition coefficient (Wildman–Crippen LogP) is 1.75. The number of aliphatic carboxylic acids is 1. The second-order valence-electron chi connectivity index (χ2n) is 3.29. The van der Waals surface area contributed by atoms with Gasteiger partial charge in [0.1, 0.15) is 5.75 Å². The van der Waals surface area contributed by atoms with Crippen LogP contribution in [0.2, 0.25) is 0 Å². The monoisotopic (exact) mass is 208 g/mol. The summed E-state index contributed by atoms with van der Waals surface area (Å²) in [7, 11) is 0. The molecule has 4 nitrogen and oxygen atoms in total. The van der Waals surface area contributed by atoms with Gasteiger partial charge >= 0.3 is 5.97 Å². The molecule has 0 aliphatic heterocycles. The Hall–Kier alpha value is -1.84. The average Bonchev–Trinajstić information content (AvgIpc) is 2.14. The molecule has 0 unspecified atom stereocenters. The van der Waals surface area contributed by atoms with E-state index in [1.54, 1.807) is 19.1 Å². The normalized spacial score (nSPS) is 9.93. The summed E-state index contributed by atoms with van der Waals surface area (Å²) in [5.41, 5.74) is 0.879. The number of Topliss-reactive ketones (excluding diaryl/α,β-unsaturated/α-hetero) is 1. The van der Waals surface area contributed by atoms with Crippen molar-refractivity contribution in [2.45, 2.75) is 19.8 Å². The van der Waals surface area contributed by atoms with E-state index in [-0.39, 0.29) is 29.9 Å². The third kappa shape index (κ3) is 2.80. The smallest absolute Gasteiger partial charge is 0.303 e. The van der Waals surface area contributed by atoms with Crippen LogP contribution in [0.4, 0.5) is 0 Å². The Bertz CT molecular complexity index is 375. The Balaban J connectivity index is 2.86. The third-order valence-electron chi connectivity index (χ3n) is 2.10. The highest BCUT2D eigenvalue weighted by molar-refractivity contribution is 6.00. The van der Waals surface area contributed by atoms with Crippen molar-refractivity contribution < 1.29 is 19.8 Å². The van der Waals surface area contributed by atoms with E-state index in [9.17, 15) is 14.7 Å². The maximum atomic E-state index is 11.6. The fraction of sp³-hybridized carbons (Fsp3) is 0.273. The number of carbonyl (C=O) groups excluding carboxylic acids is 1. The van der Waals surface area contributed by atoms with Crippen molar-refractivity contribution in [2.75, 3.05) is 0 Å². The van der Waals surface area contributed by atoms with Crippen molar-refractivity contribution in [3.05, 3.63) is 29.3 Å². The Labute approximate surface area is 87.2 Å².